The zero-order valence-electron chi connectivity index (χ0n) is 13.0. The Labute approximate surface area is 142 Å². The Balaban J connectivity index is 1.96. The molecule has 7 heteroatoms. The van der Waals surface area contributed by atoms with E-state index in [0.29, 0.717) is 18.2 Å². The van der Waals surface area contributed by atoms with Gasteiger partial charge in [-0.15, -0.1) is 11.6 Å². The highest BCUT2D eigenvalue weighted by Crippen LogP contribution is 2.23. The van der Waals surface area contributed by atoms with E-state index in [-0.39, 0.29) is 0 Å². The van der Waals surface area contributed by atoms with Crippen molar-refractivity contribution < 1.29 is 17.9 Å². The summed E-state index contributed by atoms with van der Waals surface area (Å²) in [5.41, 5.74) is 1.86. The third-order valence-electron chi connectivity index (χ3n) is 3.17. The van der Waals surface area contributed by atoms with E-state index < -0.39 is 16.1 Å². The zero-order chi connectivity index (χ0) is 16.9. The predicted octanol–water partition coefficient (Wildman–Crippen LogP) is 2.53. The standard InChI is InChI=1S/C16H19ClNO4S/c1-21-16-8-12(6-7-13(16)10-17)11-22-15-5-3-4-14(9-15)18-23(2,19)20/h3-9,14,18H,10-11H2,1-2H3. The summed E-state index contributed by atoms with van der Waals surface area (Å²) in [5.74, 6) is 1.71. The molecule has 2 rings (SSSR count). The summed E-state index contributed by atoms with van der Waals surface area (Å²) >= 11 is 5.84. The van der Waals surface area contributed by atoms with Crippen molar-refractivity contribution in [3.8, 4) is 5.75 Å². The average Bonchev–Trinajstić information content (AvgIpc) is 2.51. The van der Waals surface area contributed by atoms with Gasteiger partial charge in [0.15, 0.2) is 0 Å². The van der Waals surface area contributed by atoms with Crippen molar-refractivity contribution in [2.24, 2.45) is 0 Å². The molecule has 0 aromatic heterocycles. The minimum absolute atomic E-state index is 0.348. The van der Waals surface area contributed by atoms with Crippen molar-refractivity contribution in [1.82, 2.24) is 4.72 Å². The van der Waals surface area contributed by atoms with Gasteiger partial charge in [-0.25, -0.2) is 13.1 Å². The van der Waals surface area contributed by atoms with Crippen LogP contribution in [0.25, 0.3) is 0 Å². The van der Waals surface area contributed by atoms with E-state index in [4.69, 9.17) is 21.1 Å². The molecule has 1 N–H and O–H groups in total. The summed E-state index contributed by atoms with van der Waals surface area (Å²) in [4.78, 5) is 0. The molecule has 0 fully saturated rings. The highest BCUT2D eigenvalue weighted by atomic mass is 35.5. The topological polar surface area (TPSA) is 64.6 Å². The molecule has 1 aromatic carbocycles. The molecule has 1 radical (unpaired) electrons. The van der Waals surface area contributed by atoms with E-state index in [1.165, 1.54) is 0 Å². The van der Waals surface area contributed by atoms with Crippen LogP contribution >= 0.6 is 11.6 Å². The van der Waals surface area contributed by atoms with Gasteiger partial charge in [-0.05, 0) is 17.7 Å². The van der Waals surface area contributed by atoms with Crippen LogP contribution in [-0.2, 0) is 27.2 Å². The van der Waals surface area contributed by atoms with Gasteiger partial charge in [-0.3, -0.25) is 0 Å². The number of methoxy groups -OCH3 is 1. The van der Waals surface area contributed by atoms with Crippen LogP contribution in [-0.4, -0.2) is 27.8 Å². The molecule has 0 aliphatic heterocycles. The van der Waals surface area contributed by atoms with Crippen LogP contribution in [0.3, 0.4) is 0 Å². The number of halogens is 1. The van der Waals surface area contributed by atoms with E-state index in [0.717, 1.165) is 23.1 Å². The molecular weight excluding hydrogens is 338 g/mol. The SMILES string of the molecule is COc1cc(COC2=CC=CC(NS(C)(=O)=O)[CH]2)ccc1CCl. The summed E-state index contributed by atoms with van der Waals surface area (Å²) < 4.78 is 36.0. The Kier molecular flexibility index (Phi) is 6.10. The van der Waals surface area contributed by atoms with E-state index in [2.05, 4.69) is 4.72 Å². The first-order valence-electron chi connectivity index (χ1n) is 6.96. The number of hydrogen-bond acceptors (Lipinski definition) is 4. The molecule has 0 bridgehead atoms. The van der Waals surface area contributed by atoms with Crippen molar-refractivity contribution >= 4 is 21.6 Å². The van der Waals surface area contributed by atoms with Crippen LogP contribution < -0.4 is 9.46 Å². The maximum absolute atomic E-state index is 11.3. The fraction of sp³-hybridized carbons (Fsp3) is 0.312. The van der Waals surface area contributed by atoms with Crippen LogP contribution in [0.2, 0.25) is 0 Å². The maximum atomic E-state index is 11.3. The first-order valence-corrected chi connectivity index (χ1v) is 9.39. The first kappa shape index (κ1) is 17.8. The van der Waals surface area contributed by atoms with E-state index >= 15 is 0 Å². The number of ether oxygens (including phenoxy) is 2. The van der Waals surface area contributed by atoms with Gasteiger partial charge < -0.3 is 9.47 Å². The lowest BCUT2D eigenvalue weighted by molar-refractivity contribution is 0.202. The summed E-state index contributed by atoms with van der Waals surface area (Å²) in [6.07, 6.45) is 8.12. The van der Waals surface area contributed by atoms with Gasteiger partial charge in [-0.1, -0.05) is 24.3 Å². The van der Waals surface area contributed by atoms with Crippen LogP contribution in [0.5, 0.6) is 5.75 Å². The van der Waals surface area contributed by atoms with Crippen molar-refractivity contribution in [3.63, 3.8) is 0 Å². The lowest BCUT2D eigenvalue weighted by Gasteiger charge is -2.19. The lowest BCUT2D eigenvalue weighted by Crippen LogP contribution is -2.34. The molecule has 5 nitrogen and oxygen atoms in total. The Bertz CT molecular complexity index is 713. The van der Waals surface area contributed by atoms with Crippen LogP contribution in [0.4, 0.5) is 0 Å². The number of sulfonamides is 1. The van der Waals surface area contributed by atoms with Gasteiger partial charge in [0.25, 0.3) is 0 Å². The molecule has 0 saturated heterocycles. The van der Waals surface area contributed by atoms with E-state index in [1.54, 1.807) is 31.8 Å². The Morgan fingerprint density at radius 3 is 2.78 bits per heavy atom. The largest absolute Gasteiger partial charge is 0.496 e. The minimum atomic E-state index is -3.28. The van der Waals surface area contributed by atoms with Gasteiger partial charge in [0, 0.05) is 12.0 Å². The Morgan fingerprint density at radius 1 is 1.35 bits per heavy atom. The van der Waals surface area contributed by atoms with Crippen LogP contribution in [0.15, 0.2) is 42.2 Å². The van der Waals surface area contributed by atoms with Gasteiger partial charge in [0.05, 0.1) is 25.3 Å². The predicted molar refractivity (Wildman–Crippen MR) is 90.6 cm³/mol. The minimum Gasteiger partial charge on any atom is -0.496 e. The van der Waals surface area contributed by atoms with Gasteiger partial charge >= 0.3 is 0 Å². The number of benzene rings is 1. The molecule has 1 atom stereocenters. The van der Waals surface area contributed by atoms with Gasteiger partial charge in [-0.2, -0.15) is 0 Å². The molecule has 1 aliphatic rings. The molecule has 1 unspecified atom stereocenters. The summed E-state index contributed by atoms with van der Waals surface area (Å²) in [5, 5.41) is 0. The van der Waals surface area contributed by atoms with Crippen LogP contribution in [0, 0.1) is 6.42 Å². The Morgan fingerprint density at radius 2 is 2.13 bits per heavy atom. The number of rotatable bonds is 7. The second kappa shape index (κ2) is 7.86. The fourth-order valence-corrected chi connectivity index (χ4v) is 2.99. The van der Waals surface area contributed by atoms with E-state index in [9.17, 15) is 8.42 Å². The van der Waals surface area contributed by atoms with E-state index in [1.807, 2.05) is 18.2 Å². The monoisotopic (exact) mass is 356 g/mol. The number of allylic oxidation sites excluding steroid dienone is 2. The number of nitrogens with one attached hydrogen (secondary N) is 1. The molecule has 0 amide bonds. The maximum Gasteiger partial charge on any atom is 0.209 e. The van der Waals surface area contributed by atoms with Crippen molar-refractivity contribution in [2.75, 3.05) is 13.4 Å². The summed E-state index contributed by atoms with van der Waals surface area (Å²) in [6.45, 7) is 0.348. The molecule has 0 saturated carbocycles. The molecule has 125 valence electrons. The molecule has 1 aliphatic carbocycles. The normalized spacial score (nSPS) is 17.7. The van der Waals surface area contributed by atoms with Crippen molar-refractivity contribution in [3.05, 3.63) is 59.7 Å². The summed E-state index contributed by atoms with van der Waals surface area (Å²) in [6, 6.07) is 5.30. The Hall–Kier alpha value is -1.50. The molecule has 0 heterocycles. The molecule has 1 aromatic rings. The number of alkyl halides is 1. The third-order valence-corrected chi connectivity index (χ3v) is 4.16. The zero-order valence-corrected chi connectivity index (χ0v) is 14.5. The highest BCUT2D eigenvalue weighted by Gasteiger charge is 2.16. The van der Waals surface area contributed by atoms with Gasteiger partial charge in [0.2, 0.25) is 10.0 Å². The van der Waals surface area contributed by atoms with Crippen molar-refractivity contribution in [1.29, 1.82) is 0 Å². The molecule has 23 heavy (non-hydrogen) atoms. The highest BCUT2D eigenvalue weighted by molar-refractivity contribution is 7.88. The smallest absolute Gasteiger partial charge is 0.209 e. The summed E-state index contributed by atoms with van der Waals surface area (Å²) in [7, 11) is -1.68. The second-order valence-corrected chi connectivity index (χ2v) is 7.15. The van der Waals surface area contributed by atoms with Crippen LogP contribution in [0.1, 0.15) is 11.1 Å². The average molecular weight is 357 g/mol. The molecular formula is C16H19ClNO4S. The van der Waals surface area contributed by atoms with Gasteiger partial charge in [0.1, 0.15) is 18.1 Å². The second-order valence-electron chi connectivity index (χ2n) is 5.10. The first-order chi connectivity index (χ1) is 10.9. The van der Waals surface area contributed by atoms with Crippen molar-refractivity contribution in [2.45, 2.75) is 18.5 Å². The third kappa shape index (κ3) is 5.57. The molecule has 0 spiro atoms. The lowest BCUT2D eigenvalue weighted by atomic mass is 10.1. The quantitative estimate of drug-likeness (QED) is 0.762. The fourth-order valence-electron chi connectivity index (χ4n) is 2.13. The number of hydrogen-bond donors (Lipinski definition) is 1.